The molecule has 43 heavy (non-hydrogen) atoms. The molecule has 0 unspecified atom stereocenters. The van der Waals surface area contributed by atoms with Crippen LogP contribution in [0.25, 0.3) is 21.3 Å². The van der Waals surface area contributed by atoms with Crippen LogP contribution in [0.5, 0.6) is 0 Å². The average molecular weight is 643 g/mol. The molecule has 17 heteroatoms. The van der Waals surface area contributed by atoms with Crippen molar-refractivity contribution in [3.05, 3.63) is 40.9 Å². The standard InChI is InChI=1S/C26H26F8N4O4S/c1-12-7-14(24(41,25(29,30)31)26(32,33)34)5-6-15(12)18-16(10-38-11-23(27,28)8-13(38)2)35-20(43-18)19-37-36-17(42-19)9-22(3,4)21(39)40/h5-7,13,41H,8-11H2,1-4H3,(H,39,40)/t13-/m0/s1. The molecular weight excluding hydrogens is 616 g/mol. The predicted octanol–water partition coefficient (Wildman–Crippen LogP) is 6.36. The fourth-order valence-electron chi connectivity index (χ4n) is 4.74. The molecule has 1 fully saturated rings. The number of carboxylic acids is 1. The van der Waals surface area contributed by atoms with E-state index < -0.39 is 59.8 Å². The molecule has 0 radical (unpaired) electrons. The molecule has 1 aromatic carbocycles. The number of alkyl halides is 8. The quantitative estimate of drug-likeness (QED) is 0.273. The molecule has 2 aromatic heterocycles. The van der Waals surface area contributed by atoms with E-state index in [2.05, 4.69) is 15.2 Å². The number of thiazole rings is 1. The Bertz CT molecular complexity index is 1500. The van der Waals surface area contributed by atoms with Gasteiger partial charge in [-0.3, -0.25) is 9.69 Å². The zero-order valence-electron chi connectivity index (χ0n) is 23.1. The van der Waals surface area contributed by atoms with E-state index in [0.29, 0.717) is 12.1 Å². The first-order chi connectivity index (χ1) is 19.6. The zero-order valence-corrected chi connectivity index (χ0v) is 23.9. The molecule has 1 aliphatic rings. The average Bonchev–Trinajstić information content (AvgIpc) is 3.54. The Hall–Kier alpha value is -3.18. The van der Waals surface area contributed by atoms with E-state index in [-0.39, 0.29) is 51.5 Å². The van der Waals surface area contributed by atoms with Crippen LogP contribution in [0.3, 0.4) is 0 Å². The second kappa shape index (κ2) is 10.8. The summed E-state index contributed by atoms with van der Waals surface area (Å²) in [6.07, 6.45) is -12.7. The minimum atomic E-state index is -6.08. The van der Waals surface area contributed by atoms with Gasteiger partial charge in [-0.25, -0.2) is 13.8 Å². The van der Waals surface area contributed by atoms with E-state index in [1.54, 1.807) is 6.92 Å². The van der Waals surface area contributed by atoms with E-state index in [4.69, 9.17) is 4.42 Å². The Morgan fingerprint density at radius 3 is 2.28 bits per heavy atom. The molecule has 0 amide bonds. The molecule has 1 aliphatic heterocycles. The summed E-state index contributed by atoms with van der Waals surface area (Å²) < 4.78 is 115. The Balaban J connectivity index is 1.79. The number of hydrogen-bond acceptors (Lipinski definition) is 8. The van der Waals surface area contributed by atoms with Crippen LogP contribution in [0.2, 0.25) is 0 Å². The van der Waals surface area contributed by atoms with Crippen LogP contribution >= 0.6 is 11.3 Å². The number of aryl methyl sites for hydroxylation is 1. The van der Waals surface area contributed by atoms with Crippen molar-refractivity contribution in [2.24, 2.45) is 5.41 Å². The fourth-order valence-corrected chi connectivity index (χ4v) is 5.83. The molecule has 3 aromatic rings. The minimum absolute atomic E-state index is 0.0346. The number of carboxylic acid groups (broad SMARTS) is 1. The largest absolute Gasteiger partial charge is 0.481 e. The van der Waals surface area contributed by atoms with Crippen molar-refractivity contribution in [1.82, 2.24) is 20.1 Å². The predicted molar refractivity (Wildman–Crippen MR) is 136 cm³/mol. The number of carbonyl (C=O) groups is 1. The summed E-state index contributed by atoms with van der Waals surface area (Å²) in [7, 11) is 0. The van der Waals surface area contributed by atoms with Gasteiger partial charge in [0, 0.05) is 31.0 Å². The summed E-state index contributed by atoms with van der Waals surface area (Å²) >= 11 is 0.882. The van der Waals surface area contributed by atoms with Crippen molar-refractivity contribution in [1.29, 1.82) is 0 Å². The molecule has 0 spiro atoms. The van der Waals surface area contributed by atoms with Gasteiger partial charge in [0.05, 0.1) is 22.5 Å². The normalized spacial score (nSPS) is 18.4. The van der Waals surface area contributed by atoms with E-state index in [1.807, 2.05) is 0 Å². The molecule has 2 N–H and O–H groups in total. The van der Waals surface area contributed by atoms with E-state index in [1.165, 1.54) is 25.7 Å². The first-order valence-corrected chi connectivity index (χ1v) is 13.5. The second-order valence-corrected chi connectivity index (χ2v) is 12.2. The molecule has 4 rings (SSSR count). The Kier molecular flexibility index (Phi) is 8.19. The van der Waals surface area contributed by atoms with Gasteiger partial charge >= 0.3 is 18.3 Å². The summed E-state index contributed by atoms with van der Waals surface area (Å²) in [5.41, 5.74) is -7.61. The van der Waals surface area contributed by atoms with Crippen LogP contribution in [0.15, 0.2) is 22.6 Å². The lowest BCUT2D eigenvalue weighted by Gasteiger charge is -2.33. The van der Waals surface area contributed by atoms with Crippen molar-refractivity contribution < 1.29 is 54.5 Å². The number of halogens is 8. The number of aliphatic carboxylic acids is 1. The molecule has 0 bridgehead atoms. The van der Waals surface area contributed by atoms with Crippen LogP contribution in [-0.2, 0) is 23.4 Å². The summed E-state index contributed by atoms with van der Waals surface area (Å²) in [6, 6.07) is 1.45. The molecule has 8 nitrogen and oxygen atoms in total. The maximum Gasteiger partial charge on any atom is 0.430 e. The number of benzene rings is 1. The van der Waals surface area contributed by atoms with Crippen LogP contribution in [-0.4, -0.2) is 67.1 Å². The summed E-state index contributed by atoms with van der Waals surface area (Å²) in [5.74, 6) is -4.28. The molecular formula is C26H26F8N4O4S. The van der Waals surface area contributed by atoms with E-state index in [0.717, 1.165) is 17.4 Å². The lowest BCUT2D eigenvalue weighted by atomic mass is 9.89. The summed E-state index contributed by atoms with van der Waals surface area (Å²) in [6.45, 7) is 4.95. The Labute approximate surface area is 243 Å². The van der Waals surface area contributed by atoms with Gasteiger partial charge in [-0.2, -0.15) is 26.3 Å². The van der Waals surface area contributed by atoms with Crippen molar-refractivity contribution in [2.75, 3.05) is 6.54 Å². The SMILES string of the molecule is Cc1cc(C(O)(C(F)(F)F)C(F)(F)F)ccc1-c1sc(-c2nnc(CC(C)(C)C(=O)O)o2)nc1CN1CC(F)(F)C[C@@H]1C. The minimum Gasteiger partial charge on any atom is -0.481 e. The highest BCUT2D eigenvalue weighted by atomic mass is 32.1. The number of rotatable bonds is 8. The maximum absolute atomic E-state index is 14.1. The van der Waals surface area contributed by atoms with Gasteiger partial charge in [-0.05, 0) is 38.8 Å². The zero-order chi connectivity index (χ0) is 32.3. The lowest BCUT2D eigenvalue weighted by Crippen LogP contribution is -2.53. The topological polar surface area (TPSA) is 113 Å². The first kappa shape index (κ1) is 32.7. The smallest absolute Gasteiger partial charge is 0.430 e. The highest BCUT2D eigenvalue weighted by Gasteiger charge is 2.71. The van der Waals surface area contributed by atoms with Crippen LogP contribution in [0.1, 0.15) is 49.9 Å². The Morgan fingerprint density at radius 2 is 1.77 bits per heavy atom. The van der Waals surface area contributed by atoms with Gasteiger partial charge in [0.25, 0.3) is 17.4 Å². The third-order valence-electron chi connectivity index (χ3n) is 7.23. The second-order valence-electron chi connectivity index (χ2n) is 11.2. The highest BCUT2D eigenvalue weighted by Crippen LogP contribution is 2.51. The van der Waals surface area contributed by atoms with E-state index in [9.17, 15) is 50.1 Å². The highest BCUT2D eigenvalue weighted by molar-refractivity contribution is 7.18. The van der Waals surface area contributed by atoms with Crippen LogP contribution in [0, 0.1) is 12.3 Å². The van der Waals surface area contributed by atoms with Gasteiger partial charge in [-0.15, -0.1) is 21.5 Å². The first-order valence-electron chi connectivity index (χ1n) is 12.7. The third kappa shape index (κ3) is 6.24. The fraction of sp³-hybridized carbons (Fsp3) is 0.538. The summed E-state index contributed by atoms with van der Waals surface area (Å²) in [4.78, 5) is 17.6. The monoisotopic (exact) mass is 642 g/mol. The van der Waals surface area contributed by atoms with Gasteiger partial charge in [-0.1, -0.05) is 18.2 Å². The van der Waals surface area contributed by atoms with Gasteiger partial charge in [0.1, 0.15) is 0 Å². The number of hydrogen-bond donors (Lipinski definition) is 2. The van der Waals surface area contributed by atoms with E-state index >= 15 is 0 Å². The van der Waals surface area contributed by atoms with Gasteiger partial charge in [0.15, 0.2) is 5.01 Å². The number of nitrogens with zero attached hydrogens (tertiary/aromatic N) is 4. The van der Waals surface area contributed by atoms with Crippen LogP contribution < -0.4 is 0 Å². The molecule has 0 aliphatic carbocycles. The molecule has 236 valence electrons. The number of aromatic nitrogens is 3. The summed E-state index contributed by atoms with van der Waals surface area (Å²) in [5, 5.41) is 27.0. The third-order valence-corrected chi connectivity index (χ3v) is 8.35. The van der Waals surface area contributed by atoms with Crippen molar-refractivity contribution in [3.8, 4) is 21.3 Å². The maximum atomic E-state index is 14.1. The molecule has 0 saturated carbocycles. The van der Waals surface area contributed by atoms with Crippen molar-refractivity contribution in [2.45, 2.75) is 77.0 Å². The molecule has 3 heterocycles. The Morgan fingerprint density at radius 1 is 1.14 bits per heavy atom. The molecule has 1 saturated heterocycles. The number of likely N-dealkylation sites (tertiary alicyclic amines) is 1. The lowest BCUT2D eigenvalue weighted by molar-refractivity contribution is -0.376. The van der Waals surface area contributed by atoms with Crippen molar-refractivity contribution in [3.63, 3.8) is 0 Å². The van der Waals surface area contributed by atoms with Gasteiger partial charge in [0.2, 0.25) is 5.89 Å². The number of aliphatic hydroxyl groups is 1. The van der Waals surface area contributed by atoms with Crippen LogP contribution in [0.4, 0.5) is 35.1 Å². The van der Waals surface area contributed by atoms with Gasteiger partial charge < -0.3 is 14.6 Å². The van der Waals surface area contributed by atoms with Crippen molar-refractivity contribution >= 4 is 17.3 Å². The molecule has 1 atom stereocenters.